The number of hydrogen-bond acceptors (Lipinski definition) is 3. The third-order valence-electron chi connectivity index (χ3n) is 2.40. The molecule has 0 atom stereocenters. The molecule has 1 aromatic carbocycles. The zero-order chi connectivity index (χ0) is 13.0. The molecule has 0 amide bonds. The van der Waals surface area contributed by atoms with E-state index in [1.807, 2.05) is 36.4 Å². The molecule has 0 unspecified atom stereocenters. The molecule has 0 radical (unpaired) electrons. The van der Waals surface area contributed by atoms with E-state index in [1.165, 1.54) is 0 Å². The Balaban J connectivity index is 2.16. The zero-order valence-corrected chi connectivity index (χ0v) is 12.0. The number of rotatable bonds is 4. The van der Waals surface area contributed by atoms with Crippen LogP contribution in [-0.2, 0) is 5.75 Å². The first-order valence-electron chi connectivity index (χ1n) is 5.34. The van der Waals surface area contributed by atoms with Crippen molar-refractivity contribution in [1.82, 2.24) is 4.98 Å². The number of benzene rings is 1. The molecule has 2 rings (SSSR count). The van der Waals surface area contributed by atoms with Gasteiger partial charge >= 0.3 is 0 Å². The summed E-state index contributed by atoms with van der Waals surface area (Å²) in [6.07, 6.45) is 1.77. The van der Waals surface area contributed by atoms with Gasteiger partial charge in [0.15, 0.2) is 0 Å². The molecule has 3 nitrogen and oxygen atoms in total. The zero-order valence-electron chi connectivity index (χ0n) is 9.56. The maximum absolute atomic E-state index is 7.55. The van der Waals surface area contributed by atoms with Gasteiger partial charge in [0.05, 0.1) is 0 Å². The van der Waals surface area contributed by atoms with Crippen LogP contribution in [0.1, 0.15) is 11.1 Å². The summed E-state index contributed by atoms with van der Waals surface area (Å²) in [6.45, 7) is 0. The standard InChI is InChI=1S/C13H12BrN3S/c14-11-6-3-7-17-13(11)18-8-9-4-1-2-5-10(9)12(15)16/h1-7H,8H2,(H3,15,16). The van der Waals surface area contributed by atoms with E-state index < -0.39 is 0 Å². The number of pyridine rings is 1. The first-order valence-corrected chi connectivity index (χ1v) is 7.12. The van der Waals surface area contributed by atoms with Gasteiger partial charge in [0.25, 0.3) is 0 Å². The molecule has 92 valence electrons. The molecule has 3 N–H and O–H groups in total. The van der Waals surface area contributed by atoms with E-state index in [1.54, 1.807) is 18.0 Å². The molecule has 1 heterocycles. The summed E-state index contributed by atoms with van der Waals surface area (Å²) < 4.78 is 0.982. The number of thioether (sulfide) groups is 1. The fourth-order valence-corrected chi connectivity index (χ4v) is 3.02. The lowest BCUT2D eigenvalue weighted by atomic mass is 10.1. The number of halogens is 1. The lowest BCUT2D eigenvalue weighted by molar-refractivity contribution is 1.11. The molecule has 2 aromatic rings. The Kier molecular flexibility index (Phi) is 4.38. The maximum Gasteiger partial charge on any atom is 0.123 e. The fourth-order valence-electron chi connectivity index (χ4n) is 1.53. The van der Waals surface area contributed by atoms with Crippen molar-refractivity contribution in [1.29, 1.82) is 5.41 Å². The Morgan fingerprint density at radius 3 is 2.78 bits per heavy atom. The van der Waals surface area contributed by atoms with Gasteiger partial charge in [-0.25, -0.2) is 4.98 Å². The second kappa shape index (κ2) is 6.02. The molecule has 5 heteroatoms. The van der Waals surface area contributed by atoms with E-state index in [0.29, 0.717) is 0 Å². The minimum Gasteiger partial charge on any atom is -0.384 e. The molecule has 18 heavy (non-hydrogen) atoms. The Morgan fingerprint density at radius 2 is 2.06 bits per heavy atom. The summed E-state index contributed by atoms with van der Waals surface area (Å²) in [7, 11) is 0. The van der Waals surface area contributed by atoms with E-state index >= 15 is 0 Å². The molecule has 0 fully saturated rings. The number of nitrogens with one attached hydrogen (secondary N) is 1. The molecule has 1 aromatic heterocycles. The van der Waals surface area contributed by atoms with Crippen molar-refractivity contribution in [3.05, 3.63) is 58.2 Å². The summed E-state index contributed by atoms with van der Waals surface area (Å²) in [4.78, 5) is 4.30. The van der Waals surface area contributed by atoms with Gasteiger partial charge in [-0.3, -0.25) is 5.41 Å². The number of aromatic nitrogens is 1. The summed E-state index contributed by atoms with van der Waals surface area (Å²) >= 11 is 5.09. The van der Waals surface area contributed by atoms with Crippen molar-refractivity contribution in [2.75, 3.05) is 0 Å². The van der Waals surface area contributed by atoms with Crippen LogP contribution >= 0.6 is 27.7 Å². The molecule has 0 aliphatic rings. The van der Waals surface area contributed by atoms with E-state index in [9.17, 15) is 0 Å². The third kappa shape index (κ3) is 3.11. The lowest BCUT2D eigenvalue weighted by Gasteiger charge is -2.08. The van der Waals surface area contributed by atoms with Crippen LogP contribution in [0.15, 0.2) is 52.1 Å². The summed E-state index contributed by atoms with van der Waals surface area (Å²) in [5, 5.41) is 8.49. The van der Waals surface area contributed by atoms with Crippen molar-refractivity contribution in [3.63, 3.8) is 0 Å². The highest BCUT2D eigenvalue weighted by atomic mass is 79.9. The van der Waals surface area contributed by atoms with E-state index in [2.05, 4.69) is 20.9 Å². The Labute approximate surface area is 118 Å². The van der Waals surface area contributed by atoms with Gasteiger partial charge in [-0.1, -0.05) is 24.3 Å². The highest BCUT2D eigenvalue weighted by molar-refractivity contribution is 9.10. The second-order valence-electron chi connectivity index (χ2n) is 3.65. The average molecular weight is 322 g/mol. The summed E-state index contributed by atoms with van der Waals surface area (Å²) in [6, 6.07) is 11.5. The van der Waals surface area contributed by atoms with Gasteiger partial charge < -0.3 is 5.73 Å². The van der Waals surface area contributed by atoms with Crippen LogP contribution in [0.3, 0.4) is 0 Å². The SMILES string of the molecule is N=C(N)c1ccccc1CSc1ncccc1Br. The number of amidine groups is 1. The smallest absolute Gasteiger partial charge is 0.123 e. The van der Waals surface area contributed by atoms with Gasteiger partial charge in [-0.2, -0.15) is 0 Å². The van der Waals surface area contributed by atoms with Crippen LogP contribution < -0.4 is 5.73 Å². The minimum atomic E-state index is 0.103. The van der Waals surface area contributed by atoms with Crippen LogP contribution in [0, 0.1) is 5.41 Å². The molecule has 0 bridgehead atoms. The molecule has 0 saturated carbocycles. The largest absolute Gasteiger partial charge is 0.384 e. The van der Waals surface area contributed by atoms with Crippen molar-refractivity contribution in [3.8, 4) is 0 Å². The monoisotopic (exact) mass is 321 g/mol. The molecular formula is C13H12BrN3S. The first-order chi connectivity index (χ1) is 8.68. The van der Waals surface area contributed by atoms with Gasteiger partial charge in [0, 0.05) is 22.0 Å². The molecular weight excluding hydrogens is 310 g/mol. The normalized spacial score (nSPS) is 10.3. The molecule has 0 spiro atoms. The van der Waals surface area contributed by atoms with Gasteiger partial charge in [0.2, 0.25) is 0 Å². The highest BCUT2D eigenvalue weighted by Crippen LogP contribution is 2.28. The van der Waals surface area contributed by atoms with Gasteiger partial charge in [-0.05, 0) is 33.6 Å². The van der Waals surface area contributed by atoms with Crippen molar-refractivity contribution < 1.29 is 0 Å². The number of hydrogen-bond donors (Lipinski definition) is 2. The molecule has 0 aliphatic heterocycles. The second-order valence-corrected chi connectivity index (χ2v) is 5.47. The number of nitrogens with two attached hydrogens (primary N) is 1. The van der Waals surface area contributed by atoms with E-state index in [4.69, 9.17) is 11.1 Å². The lowest BCUT2D eigenvalue weighted by Crippen LogP contribution is -2.13. The van der Waals surface area contributed by atoms with Crippen LogP contribution in [0.25, 0.3) is 0 Å². The van der Waals surface area contributed by atoms with Crippen molar-refractivity contribution >= 4 is 33.5 Å². The first kappa shape index (κ1) is 13.1. The predicted molar refractivity (Wildman–Crippen MR) is 79.0 cm³/mol. The predicted octanol–water partition coefficient (Wildman–Crippen LogP) is 3.42. The van der Waals surface area contributed by atoms with E-state index in [-0.39, 0.29) is 5.84 Å². The van der Waals surface area contributed by atoms with Crippen molar-refractivity contribution in [2.24, 2.45) is 5.73 Å². The number of nitrogen functional groups attached to an aromatic ring is 1. The highest BCUT2D eigenvalue weighted by Gasteiger charge is 2.07. The van der Waals surface area contributed by atoms with Gasteiger partial charge in [0.1, 0.15) is 10.9 Å². The Bertz CT molecular complexity index is 572. The minimum absolute atomic E-state index is 0.103. The maximum atomic E-state index is 7.55. The number of nitrogens with zero attached hydrogens (tertiary/aromatic N) is 1. The van der Waals surface area contributed by atoms with Crippen molar-refractivity contribution in [2.45, 2.75) is 10.8 Å². The average Bonchev–Trinajstić information content (AvgIpc) is 2.38. The van der Waals surface area contributed by atoms with Crippen LogP contribution in [0.5, 0.6) is 0 Å². The van der Waals surface area contributed by atoms with Crippen LogP contribution in [0.2, 0.25) is 0 Å². The fraction of sp³-hybridized carbons (Fsp3) is 0.0769. The topological polar surface area (TPSA) is 62.8 Å². The molecule has 0 saturated heterocycles. The Morgan fingerprint density at radius 1 is 1.28 bits per heavy atom. The summed E-state index contributed by atoms with van der Waals surface area (Å²) in [5.74, 6) is 0.844. The van der Waals surface area contributed by atoms with Crippen LogP contribution in [-0.4, -0.2) is 10.8 Å². The van der Waals surface area contributed by atoms with E-state index in [0.717, 1.165) is 26.4 Å². The quantitative estimate of drug-likeness (QED) is 0.515. The Hall–Kier alpha value is -1.33. The van der Waals surface area contributed by atoms with Gasteiger partial charge in [-0.15, -0.1) is 11.8 Å². The summed E-state index contributed by atoms with van der Waals surface area (Å²) in [5.41, 5.74) is 7.40. The van der Waals surface area contributed by atoms with Crippen LogP contribution in [0.4, 0.5) is 0 Å². The molecule has 0 aliphatic carbocycles. The third-order valence-corrected chi connectivity index (χ3v) is 4.35.